The molecule has 0 amide bonds. The van der Waals surface area contributed by atoms with Crippen molar-refractivity contribution < 1.29 is 0 Å². The van der Waals surface area contributed by atoms with Crippen LogP contribution in [0, 0.1) is 11.8 Å². The molecular formula is C12H25N. The van der Waals surface area contributed by atoms with Crippen LogP contribution in [0.25, 0.3) is 0 Å². The lowest BCUT2D eigenvalue weighted by atomic mass is 9.79. The van der Waals surface area contributed by atoms with Crippen LogP contribution in [-0.4, -0.2) is 12.1 Å². The highest BCUT2D eigenvalue weighted by molar-refractivity contribution is 4.82. The second kappa shape index (κ2) is 4.99. The molecule has 0 aromatic rings. The van der Waals surface area contributed by atoms with E-state index in [4.69, 9.17) is 0 Å². The van der Waals surface area contributed by atoms with E-state index in [2.05, 4.69) is 33.0 Å². The van der Waals surface area contributed by atoms with Crippen LogP contribution in [0.4, 0.5) is 0 Å². The summed E-state index contributed by atoms with van der Waals surface area (Å²) in [6.07, 6.45) is 5.46. The molecule has 1 heteroatoms. The van der Waals surface area contributed by atoms with E-state index in [0.29, 0.717) is 6.04 Å². The second-order valence-electron chi connectivity index (χ2n) is 4.98. The summed E-state index contributed by atoms with van der Waals surface area (Å²) in [7, 11) is 0. The Hall–Kier alpha value is -0.0400. The average Bonchev–Trinajstić information content (AvgIpc) is 2.09. The molecule has 1 aliphatic rings. The topological polar surface area (TPSA) is 12.0 Å². The van der Waals surface area contributed by atoms with E-state index in [1.54, 1.807) is 0 Å². The maximum absolute atomic E-state index is 3.74. The Labute approximate surface area is 83.3 Å². The van der Waals surface area contributed by atoms with Crippen LogP contribution in [0.15, 0.2) is 0 Å². The van der Waals surface area contributed by atoms with Crippen LogP contribution < -0.4 is 5.32 Å². The first kappa shape index (κ1) is 11.0. The van der Waals surface area contributed by atoms with E-state index >= 15 is 0 Å². The Balaban J connectivity index is 2.33. The van der Waals surface area contributed by atoms with Gasteiger partial charge in [-0.3, -0.25) is 0 Å². The molecule has 0 aromatic carbocycles. The third-order valence-electron chi connectivity index (χ3n) is 3.54. The molecule has 0 radical (unpaired) electrons. The van der Waals surface area contributed by atoms with Crippen molar-refractivity contribution in [2.24, 2.45) is 11.8 Å². The van der Waals surface area contributed by atoms with Crippen LogP contribution in [-0.2, 0) is 0 Å². The Morgan fingerprint density at radius 1 is 1.31 bits per heavy atom. The molecule has 4 atom stereocenters. The Morgan fingerprint density at radius 3 is 2.54 bits per heavy atom. The van der Waals surface area contributed by atoms with Gasteiger partial charge in [0.1, 0.15) is 0 Å². The lowest BCUT2D eigenvalue weighted by Crippen LogP contribution is -2.43. The van der Waals surface area contributed by atoms with E-state index in [0.717, 1.165) is 17.9 Å². The van der Waals surface area contributed by atoms with Gasteiger partial charge in [-0.2, -0.15) is 0 Å². The van der Waals surface area contributed by atoms with Crippen molar-refractivity contribution in [2.45, 2.75) is 65.5 Å². The van der Waals surface area contributed by atoms with Gasteiger partial charge in [-0.1, -0.05) is 20.8 Å². The molecule has 0 saturated heterocycles. The molecule has 1 rings (SSSR count). The Morgan fingerprint density at radius 2 is 2.00 bits per heavy atom. The first-order chi connectivity index (χ1) is 6.13. The zero-order valence-electron chi connectivity index (χ0n) is 9.64. The normalized spacial score (nSPS) is 37.4. The molecule has 1 nitrogen and oxygen atoms in total. The molecule has 13 heavy (non-hydrogen) atoms. The largest absolute Gasteiger partial charge is 0.311 e. The fraction of sp³-hybridized carbons (Fsp3) is 1.00. The quantitative estimate of drug-likeness (QED) is 0.708. The first-order valence-corrected chi connectivity index (χ1v) is 5.89. The molecular weight excluding hydrogens is 158 g/mol. The van der Waals surface area contributed by atoms with Crippen molar-refractivity contribution >= 4 is 0 Å². The van der Waals surface area contributed by atoms with Crippen molar-refractivity contribution in [3.05, 3.63) is 0 Å². The summed E-state index contributed by atoms with van der Waals surface area (Å²) in [5.41, 5.74) is 0. The van der Waals surface area contributed by atoms with E-state index in [-0.39, 0.29) is 0 Å². The third-order valence-corrected chi connectivity index (χ3v) is 3.54. The van der Waals surface area contributed by atoms with Crippen LogP contribution in [0.5, 0.6) is 0 Å². The summed E-state index contributed by atoms with van der Waals surface area (Å²) >= 11 is 0. The van der Waals surface area contributed by atoms with Crippen LogP contribution >= 0.6 is 0 Å². The molecule has 0 aromatic heterocycles. The van der Waals surface area contributed by atoms with Crippen LogP contribution in [0.3, 0.4) is 0 Å². The standard InChI is InChI=1S/C12H25N/c1-5-11(4)13-12-7-6-9(2)8-10(12)3/h9-13H,5-8H2,1-4H3. The van der Waals surface area contributed by atoms with E-state index in [9.17, 15) is 0 Å². The van der Waals surface area contributed by atoms with Gasteiger partial charge in [0.25, 0.3) is 0 Å². The van der Waals surface area contributed by atoms with Crippen molar-refractivity contribution in [1.29, 1.82) is 0 Å². The molecule has 1 saturated carbocycles. The number of hydrogen-bond donors (Lipinski definition) is 1. The zero-order valence-corrected chi connectivity index (χ0v) is 9.64. The lowest BCUT2D eigenvalue weighted by Gasteiger charge is -2.35. The van der Waals surface area contributed by atoms with Crippen molar-refractivity contribution in [3.63, 3.8) is 0 Å². The monoisotopic (exact) mass is 183 g/mol. The molecule has 0 spiro atoms. The summed E-state index contributed by atoms with van der Waals surface area (Å²) < 4.78 is 0. The van der Waals surface area contributed by atoms with Gasteiger partial charge >= 0.3 is 0 Å². The van der Waals surface area contributed by atoms with E-state index < -0.39 is 0 Å². The number of hydrogen-bond acceptors (Lipinski definition) is 1. The van der Waals surface area contributed by atoms with Crippen LogP contribution in [0.1, 0.15) is 53.4 Å². The van der Waals surface area contributed by atoms with E-state index in [1.165, 1.54) is 25.7 Å². The summed E-state index contributed by atoms with van der Waals surface area (Å²) in [6, 6.07) is 1.48. The van der Waals surface area contributed by atoms with Gasteiger partial charge in [0, 0.05) is 12.1 Å². The second-order valence-corrected chi connectivity index (χ2v) is 4.98. The zero-order chi connectivity index (χ0) is 9.84. The van der Waals surface area contributed by atoms with Crippen molar-refractivity contribution in [3.8, 4) is 0 Å². The Bertz CT molecular complexity index is 144. The lowest BCUT2D eigenvalue weighted by molar-refractivity contribution is 0.215. The van der Waals surface area contributed by atoms with Crippen LogP contribution in [0.2, 0.25) is 0 Å². The highest BCUT2D eigenvalue weighted by Gasteiger charge is 2.25. The van der Waals surface area contributed by atoms with Gasteiger partial charge in [-0.05, 0) is 44.4 Å². The third kappa shape index (κ3) is 3.30. The minimum absolute atomic E-state index is 0.695. The number of nitrogens with one attached hydrogen (secondary N) is 1. The summed E-state index contributed by atoms with van der Waals surface area (Å²) in [6.45, 7) is 9.34. The molecule has 4 unspecified atom stereocenters. The molecule has 0 heterocycles. The SMILES string of the molecule is CCC(C)NC1CCC(C)CC1C. The van der Waals surface area contributed by atoms with E-state index in [1.807, 2.05) is 0 Å². The molecule has 1 aliphatic carbocycles. The number of rotatable bonds is 3. The van der Waals surface area contributed by atoms with Crippen molar-refractivity contribution in [2.75, 3.05) is 0 Å². The van der Waals surface area contributed by atoms with Crippen molar-refractivity contribution in [1.82, 2.24) is 5.32 Å². The maximum Gasteiger partial charge on any atom is 0.00953 e. The summed E-state index contributed by atoms with van der Waals surface area (Å²) in [4.78, 5) is 0. The molecule has 0 aliphatic heterocycles. The minimum Gasteiger partial charge on any atom is -0.311 e. The molecule has 1 N–H and O–H groups in total. The van der Waals surface area contributed by atoms with Gasteiger partial charge in [0.15, 0.2) is 0 Å². The van der Waals surface area contributed by atoms with Gasteiger partial charge < -0.3 is 5.32 Å². The Kier molecular flexibility index (Phi) is 4.24. The summed E-state index contributed by atoms with van der Waals surface area (Å²) in [5, 5.41) is 3.74. The van der Waals surface area contributed by atoms with Gasteiger partial charge in [-0.15, -0.1) is 0 Å². The predicted molar refractivity (Wildman–Crippen MR) is 58.9 cm³/mol. The van der Waals surface area contributed by atoms with Gasteiger partial charge in [-0.25, -0.2) is 0 Å². The molecule has 0 bridgehead atoms. The fourth-order valence-electron chi connectivity index (χ4n) is 2.40. The first-order valence-electron chi connectivity index (χ1n) is 5.89. The fourth-order valence-corrected chi connectivity index (χ4v) is 2.40. The highest BCUT2D eigenvalue weighted by atomic mass is 14.9. The molecule has 78 valence electrons. The minimum atomic E-state index is 0.695. The summed E-state index contributed by atoms with van der Waals surface area (Å²) in [5.74, 6) is 1.82. The van der Waals surface area contributed by atoms with Gasteiger partial charge in [0.05, 0.1) is 0 Å². The highest BCUT2D eigenvalue weighted by Crippen LogP contribution is 2.28. The predicted octanol–water partition coefficient (Wildman–Crippen LogP) is 3.20. The van der Waals surface area contributed by atoms with Gasteiger partial charge in [0.2, 0.25) is 0 Å². The maximum atomic E-state index is 3.74. The average molecular weight is 183 g/mol. The molecule has 1 fully saturated rings. The smallest absolute Gasteiger partial charge is 0.00953 e.